The lowest BCUT2D eigenvalue weighted by molar-refractivity contribution is -0.119. The van der Waals surface area contributed by atoms with E-state index in [4.69, 9.17) is 29.0 Å². The molecule has 7 nitrogen and oxygen atoms in total. The normalized spacial score (nSPS) is 15.6. The second-order valence-electron chi connectivity index (χ2n) is 6.04. The van der Waals surface area contributed by atoms with Crippen molar-refractivity contribution in [2.75, 3.05) is 11.6 Å². The van der Waals surface area contributed by atoms with Crippen molar-refractivity contribution in [2.45, 2.75) is 36.4 Å². The highest BCUT2D eigenvalue weighted by Crippen LogP contribution is 2.31. The molecule has 1 aromatic heterocycles. The minimum Gasteiger partial charge on any atom is -0.337 e. The third-order valence-corrected chi connectivity index (χ3v) is 5.71. The minimum atomic E-state index is -0.740. The van der Waals surface area contributed by atoms with Crippen LogP contribution in [-0.2, 0) is 4.79 Å². The Morgan fingerprint density at radius 1 is 1.38 bits per heavy atom. The van der Waals surface area contributed by atoms with E-state index in [0.29, 0.717) is 39.4 Å². The predicted molar refractivity (Wildman–Crippen MR) is 101 cm³/mol. The molecule has 1 aromatic carbocycles. The van der Waals surface area contributed by atoms with Gasteiger partial charge in [0.15, 0.2) is 5.82 Å². The maximum atomic E-state index is 12.2. The Kier molecular flexibility index (Phi) is 5.61. The van der Waals surface area contributed by atoms with Crippen molar-refractivity contribution in [3.8, 4) is 17.5 Å². The van der Waals surface area contributed by atoms with Gasteiger partial charge in [-0.25, -0.2) is 4.68 Å². The number of amides is 1. The second kappa shape index (κ2) is 7.74. The van der Waals surface area contributed by atoms with E-state index in [-0.39, 0.29) is 11.7 Å². The highest BCUT2D eigenvalue weighted by atomic mass is 35.5. The molecule has 26 heavy (non-hydrogen) atoms. The first-order valence-corrected chi connectivity index (χ1v) is 9.69. The number of carbonyl (C=O) groups excluding carboxylic acids is 1. The smallest absolute Gasteiger partial charge is 0.231 e. The molecule has 136 valence electrons. The van der Waals surface area contributed by atoms with E-state index in [0.717, 1.165) is 24.6 Å². The molecule has 3 rings (SSSR count). The monoisotopic (exact) mass is 410 g/mol. The quantitative estimate of drug-likeness (QED) is 0.578. The molecular formula is C16H16Cl2N6OS. The van der Waals surface area contributed by atoms with Crippen LogP contribution in [0.3, 0.4) is 0 Å². The van der Waals surface area contributed by atoms with E-state index < -0.39 is 5.54 Å². The number of nitrogens with zero attached hydrogens (tertiary/aromatic N) is 4. The fraction of sp³-hybridized carbons (Fsp3) is 0.375. The van der Waals surface area contributed by atoms with E-state index in [1.54, 1.807) is 18.2 Å². The average molecular weight is 411 g/mol. The molecule has 2 aromatic rings. The van der Waals surface area contributed by atoms with Gasteiger partial charge in [0.1, 0.15) is 5.54 Å². The van der Waals surface area contributed by atoms with Crippen LogP contribution in [0, 0.1) is 11.3 Å². The molecule has 1 amide bonds. The van der Waals surface area contributed by atoms with Gasteiger partial charge >= 0.3 is 0 Å². The number of hydrogen-bond acceptors (Lipinski definition) is 6. The standard InChI is InChI=1S/C16H16Cl2N6OS/c17-10-3-4-11(12(18)7-10)14-22-23-15(24(14)20)26-8-13(25)21-16(9-19)5-1-2-6-16/h3-4,7H,1-2,5-6,8,20H2,(H,21,25). The largest absolute Gasteiger partial charge is 0.337 e. The number of nitrogens with two attached hydrogens (primary N) is 1. The van der Waals surface area contributed by atoms with Gasteiger partial charge in [-0.15, -0.1) is 10.2 Å². The number of carbonyl (C=O) groups is 1. The van der Waals surface area contributed by atoms with Gasteiger partial charge in [-0.2, -0.15) is 5.26 Å². The molecule has 1 heterocycles. The first-order valence-electron chi connectivity index (χ1n) is 7.95. The number of nitrogens with one attached hydrogen (secondary N) is 1. The van der Waals surface area contributed by atoms with Crippen molar-refractivity contribution in [1.29, 1.82) is 5.26 Å². The summed E-state index contributed by atoms with van der Waals surface area (Å²) in [6, 6.07) is 7.21. The van der Waals surface area contributed by atoms with Crippen LogP contribution in [0.5, 0.6) is 0 Å². The zero-order valence-corrected chi connectivity index (χ0v) is 16.0. The summed E-state index contributed by atoms with van der Waals surface area (Å²) >= 11 is 13.2. The first kappa shape index (κ1) is 18.8. The minimum absolute atomic E-state index is 0.0904. The summed E-state index contributed by atoms with van der Waals surface area (Å²) in [5.74, 6) is 6.27. The lowest BCUT2D eigenvalue weighted by Crippen LogP contribution is -2.45. The summed E-state index contributed by atoms with van der Waals surface area (Å²) in [6.45, 7) is 0. The van der Waals surface area contributed by atoms with Crippen LogP contribution in [0.4, 0.5) is 0 Å². The summed E-state index contributed by atoms with van der Waals surface area (Å²) < 4.78 is 1.28. The maximum Gasteiger partial charge on any atom is 0.231 e. The van der Waals surface area contributed by atoms with Gasteiger partial charge in [-0.1, -0.05) is 35.0 Å². The highest BCUT2D eigenvalue weighted by Gasteiger charge is 2.35. The molecular weight excluding hydrogens is 395 g/mol. The molecule has 1 saturated carbocycles. The fourth-order valence-electron chi connectivity index (χ4n) is 2.91. The summed E-state index contributed by atoms with van der Waals surface area (Å²) in [5.41, 5.74) is -0.146. The lowest BCUT2D eigenvalue weighted by Gasteiger charge is -2.21. The van der Waals surface area contributed by atoms with Crippen molar-refractivity contribution in [1.82, 2.24) is 20.2 Å². The number of benzene rings is 1. The number of nitriles is 1. The Bertz CT molecular complexity index is 872. The van der Waals surface area contributed by atoms with E-state index in [1.807, 2.05) is 0 Å². The maximum absolute atomic E-state index is 12.2. The molecule has 1 fully saturated rings. The molecule has 0 saturated heterocycles. The highest BCUT2D eigenvalue weighted by molar-refractivity contribution is 7.99. The van der Waals surface area contributed by atoms with Gasteiger partial charge in [0.05, 0.1) is 16.8 Å². The summed E-state index contributed by atoms with van der Waals surface area (Å²) in [6.07, 6.45) is 3.27. The van der Waals surface area contributed by atoms with Crippen LogP contribution in [0.25, 0.3) is 11.4 Å². The molecule has 1 aliphatic rings. The van der Waals surface area contributed by atoms with E-state index in [9.17, 15) is 10.1 Å². The summed E-state index contributed by atoms with van der Waals surface area (Å²) in [5, 5.41) is 21.5. The van der Waals surface area contributed by atoms with E-state index in [1.165, 1.54) is 4.68 Å². The third kappa shape index (κ3) is 3.90. The van der Waals surface area contributed by atoms with Crippen LogP contribution >= 0.6 is 35.0 Å². The molecule has 0 aliphatic heterocycles. The van der Waals surface area contributed by atoms with Gasteiger partial charge in [-0.05, 0) is 43.9 Å². The van der Waals surface area contributed by atoms with Crippen molar-refractivity contribution in [3.63, 3.8) is 0 Å². The zero-order valence-electron chi connectivity index (χ0n) is 13.7. The fourth-order valence-corrected chi connectivity index (χ4v) is 4.06. The van der Waals surface area contributed by atoms with Crippen molar-refractivity contribution >= 4 is 40.9 Å². The number of thioether (sulfide) groups is 1. The number of halogens is 2. The van der Waals surface area contributed by atoms with E-state index >= 15 is 0 Å². The molecule has 0 atom stereocenters. The molecule has 10 heteroatoms. The number of aromatic nitrogens is 3. The number of hydrogen-bond donors (Lipinski definition) is 2. The Morgan fingerprint density at radius 2 is 2.12 bits per heavy atom. The van der Waals surface area contributed by atoms with Gasteiger partial charge < -0.3 is 11.2 Å². The van der Waals surface area contributed by atoms with Crippen LogP contribution in [0.1, 0.15) is 25.7 Å². The van der Waals surface area contributed by atoms with Crippen molar-refractivity contribution < 1.29 is 4.79 Å². The summed E-state index contributed by atoms with van der Waals surface area (Å²) in [4.78, 5) is 12.2. The predicted octanol–water partition coefficient (Wildman–Crippen LogP) is 3.01. The molecule has 0 bridgehead atoms. The van der Waals surface area contributed by atoms with Gasteiger partial charge in [0.25, 0.3) is 0 Å². The Morgan fingerprint density at radius 3 is 2.77 bits per heavy atom. The zero-order chi connectivity index (χ0) is 18.7. The number of nitrogen functional groups attached to an aromatic ring is 1. The van der Waals surface area contributed by atoms with Crippen LogP contribution in [-0.4, -0.2) is 32.1 Å². The Labute approximate surface area is 164 Å². The number of rotatable bonds is 5. The van der Waals surface area contributed by atoms with Gasteiger partial charge in [0.2, 0.25) is 11.1 Å². The Hall–Kier alpha value is -1.95. The molecule has 0 spiro atoms. The van der Waals surface area contributed by atoms with E-state index in [2.05, 4.69) is 21.6 Å². The van der Waals surface area contributed by atoms with Crippen LogP contribution < -0.4 is 11.2 Å². The average Bonchev–Trinajstić information content (AvgIpc) is 3.21. The lowest BCUT2D eigenvalue weighted by atomic mass is 10.0. The van der Waals surface area contributed by atoms with Gasteiger partial charge in [-0.3, -0.25) is 4.79 Å². The molecule has 3 N–H and O–H groups in total. The van der Waals surface area contributed by atoms with Crippen molar-refractivity contribution in [3.05, 3.63) is 28.2 Å². The molecule has 1 aliphatic carbocycles. The van der Waals surface area contributed by atoms with Crippen LogP contribution in [0.2, 0.25) is 10.0 Å². The SMILES string of the molecule is N#CC1(NC(=O)CSc2nnc(-c3ccc(Cl)cc3Cl)n2N)CCCC1. The second-order valence-corrected chi connectivity index (χ2v) is 7.82. The topological polar surface area (TPSA) is 110 Å². The first-order chi connectivity index (χ1) is 12.4. The summed E-state index contributed by atoms with van der Waals surface area (Å²) in [7, 11) is 0. The van der Waals surface area contributed by atoms with Crippen LogP contribution in [0.15, 0.2) is 23.4 Å². The molecule has 0 radical (unpaired) electrons. The van der Waals surface area contributed by atoms with Gasteiger partial charge in [0, 0.05) is 10.6 Å². The Balaban J connectivity index is 1.67. The third-order valence-electron chi connectivity index (χ3n) is 4.22. The molecule has 0 unspecified atom stereocenters. The van der Waals surface area contributed by atoms with Crippen molar-refractivity contribution in [2.24, 2.45) is 0 Å².